The lowest BCUT2D eigenvalue weighted by molar-refractivity contribution is -0.141. The molecule has 1 heterocycles. The van der Waals surface area contributed by atoms with E-state index in [0.29, 0.717) is 11.8 Å². The molecule has 0 bridgehead atoms. The zero-order valence-corrected chi connectivity index (χ0v) is 12.9. The van der Waals surface area contributed by atoms with Crippen LogP contribution in [-0.2, 0) is 21.0 Å². The molecule has 1 aromatic heterocycles. The van der Waals surface area contributed by atoms with Crippen LogP contribution in [-0.4, -0.2) is 24.3 Å². The molecule has 0 spiro atoms. The van der Waals surface area contributed by atoms with Gasteiger partial charge >= 0.3 is 6.18 Å². The first kappa shape index (κ1) is 17.7. The van der Waals surface area contributed by atoms with E-state index in [1.807, 2.05) is 4.72 Å². The first-order valence-electron chi connectivity index (χ1n) is 6.39. The van der Waals surface area contributed by atoms with Crippen LogP contribution >= 0.6 is 0 Å². The molecule has 0 saturated carbocycles. The number of carbonyl (C=O) groups excluding carboxylic acids is 1. The summed E-state index contributed by atoms with van der Waals surface area (Å²) < 4.78 is 63.9. The van der Waals surface area contributed by atoms with Gasteiger partial charge in [-0.2, -0.15) is 13.2 Å². The number of carbonyl (C=O) groups is 1. The monoisotopic (exact) mass is 360 g/mol. The smallest absolute Gasteiger partial charge is 0.326 e. The second kappa shape index (κ2) is 6.43. The molecule has 0 saturated heterocycles. The summed E-state index contributed by atoms with van der Waals surface area (Å²) in [6, 6.07) is 5.66. The maximum Gasteiger partial charge on any atom is 0.433 e. The maximum atomic E-state index is 12.6. The molecule has 0 atom stereocenters. The van der Waals surface area contributed by atoms with E-state index < -0.39 is 27.8 Å². The first-order chi connectivity index (χ1) is 11.1. The Bertz CT molecular complexity index is 852. The topological polar surface area (TPSA) is 101 Å². The number of aromatic nitrogens is 2. The summed E-state index contributed by atoms with van der Waals surface area (Å²) in [4.78, 5) is 17.3. The summed E-state index contributed by atoms with van der Waals surface area (Å²) in [6.45, 7) is 1.29. The molecule has 2 N–H and O–H groups in total. The number of hydrogen-bond acceptors (Lipinski definition) is 5. The van der Waals surface area contributed by atoms with Gasteiger partial charge in [0.2, 0.25) is 11.9 Å². The summed E-state index contributed by atoms with van der Waals surface area (Å²) in [5, 5.41) is 2.45. The van der Waals surface area contributed by atoms with Crippen molar-refractivity contribution in [2.75, 3.05) is 10.0 Å². The number of nitrogens with zero attached hydrogens (tertiary/aromatic N) is 2. The minimum atomic E-state index is -4.72. The number of halogens is 3. The Hall–Kier alpha value is -2.69. The molecule has 0 unspecified atom stereocenters. The molecule has 1 aromatic carbocycles. The fourth-order valence-corrected chi connectivity index (χ4v) is 2.62. The number of alkyl halides is 3. The maximum absolute atomic E-state index is 12.6. The quantitative estimate of drug-likeness (QED) is 0.871. The number of benzene rings is 1. The predicted molar refractivity (Wildman–Crippen MR) is 78.6 cm³/mol. The summed E-state index contributed by atoms with van der Waals surface area (Å²) in [6.07, 6.45) is -3.92. The van der Waals surface area contributed by atoms with Gasteiger partial charge in [-0.05, 0) is 30.3 Å². The van der Waals surface area contributed by atoms with Gasteiger partial charge in [0.25, 0.3) is 10.0 Å². The largest absolute Gasteiger partial charge is 0.433 e. The van der Waals surface area contributed by atoms with Crippen molar-refractivity contribution in [2.24, 2.45) is 0 Å². The first-order valence-corrected chi connectivity index (χ1v) is 7.87. The number of amides is 1. The molecule has 0 aliphatic rings. The van der Waals surface area contributed by atoms with E-state index in [1.54, 1.807) is 0 Å². The Morgan fingerprint density at radius 3 is 2.29 bits per heavy atom. The molecule has 0 aliphatic heterocycles. The van der Waals surface area contributed by atoms with Gasteiger partial charge in [0.15, 0.2) is 0 Å². The number of sulfonamides is 1. The molecule has 2 aromatic rings. The highest BCUT2D eigenvalue weighted by molar-refractivity contribution is 7.92. The Morgan fingerprint density at radius 2 is 1.75 bits per heavy atom. The van der Waals surface area contributed by atoms with E-state index in [-0.39, 0.29) is 10.8 Å². The molecule has 128 valence electrons. The summed E-state index contributed by atoms with van der Waals surface area (Å²) in [7, 11) is -4.18. The van der Waals surface area contributed by atoms with E-state index in [2.05, 4.69) is 15.3 Å². The second-order valence-corrected chi connectivity index (χ2v) is 6.26. The third-order valence-corrected chi connectivity index (χ3v) is 4.00. The van der Waals surface area contributed by atoms with Crippen molar-refractivity contribution in [2.45, 2.75) is 18.0 Å². The Labute approximate surface area is 135 Å². The van der Waals surface area contributed by atoms with Gasteiger partial charge in [0, 0.05) is 18.8 Å². The number of nitrogens with one attached hydrogen (secondary N) is 2. The molecule has 2 rings (SSSR count). The van der Waals surface area contributed by atoms with Crippen molar-refractivity contribution in [1.29, 1.82) is 0 Å². The lowest BCUT2D eigenvalue weighted by Crippen LogP contribution is -2.17. The van der Waals surface area contributed by atoms with E-state index in [9.17, 15) is 26.4 Å². The zero-order valence-electron chi connectivity index (χ0n) is 12.1. The minimum Gasteiger partial charge on any atom is -0.326 e. The van der Waals surface area contributed by atoms with E-state index in [0.717, 1.165) is 6.20 Å². The fourth-order valence-electron chi connectivity index (χ4n) is 1.67. The van der Waals surface area contributed by atoms with Crippen molar-refractivity contribution < 1.29 is 26.4 Å². The minimum absolute atomic E-state index is 0.224. The molecule has 7 nitrogen and oxygen atoms in total. The Kier molecular flexibility index (Phi) is 4.73. The van der Waals surface area contributed by atoms with Crippen LogP contribution in [0.15, 0.2) is 41.4 Å². The van der Waals surface area contributed by atoms with Crippen LogP contribution in [0.5, 0.6) is 0 Å². The Morgan fingerprint density at radius 1 is 1.12 bits per heavy atom. The highest BCUT2D eigenvalue weighted by Gasteiger charge is 2.33. The molecular formula is C13H11F3N4O3S. The van der Waals surface area contributed by atoms with Crippen molar-refractivity contribution in [3.05, 3.63) is 42.2 Å². The van der Waals surface area contributed by atoms with E-state index in [4.69, 9.17) is 0 Å². The molecule has 0 fully saturated rings. The van der Waals surface area contributed by atoms with Gasteiger partial charge in [0.05, 0.1) is 4.90 Å². The standard InChI is InChI=1S/C13H11F3N4O3S/c1-8(21)18-9-2-4-10(5-3-9)24(22,23)20-12-17-7-6-11(19-12)13(14,15)16/h2-7H,1H3,(H,18,21)(H,17,19,20). The van der Waals surface area contributed by atoms with Crippen molar-refractivity contribution in [1.82, 2.24) is 9.97 Å². The van der Waals surface area contributed by atoms with Crippen molar-refractivity contribution in [3.8, 4) is 0 Å². The van der Waals surface area contributed by atoms with Gasteiger partial charge in [-0.25, -0.2) is 23.1 Å². The SMILES string of the molecule is CC(=O)Nc1ccc(S(=O)(=O)Nc2nccc(C(F)(F)F)n2)cc1. The van der Waals surface area contributed by atoms with Crippen molar-refractivity contribution >= 4 is 27.6 Å². The molecular weight excluding hydrogens is 349 g/mol. The number of rotatable bonds is 4. The van der Waals surface area contributed by atoms with Gasteiger partial charge in [-0.3, -0.25) is 4.79 Å². The van der Waals surface area contributed by atoms with Gasteiger partial charge < -0.3 is 5.32 Å². The Balaban J connectivity index is 2.24. The number of anilines is 2. The fraction of sp³-hybridized carbons (Fsp3) is 0.154. The predicted octanol–water partition coefficient (Wildman–Crippen LogP) is 2.25. The lowest BCUT2D eigenvalue weighted by Gasteiger charge is -2.10. The van der Waals surface area contributed by atoms with Crippen LogP contribution in [0.3, 0.4) is 0 Å². The number of hydrogen-bond donors (Lipinski definition) is 2. The average Bonchev–Trinajstić information content (AvgIpc) is 2.46. The van der Waals surface area contributed by atoms with Gasteiger partial charge in [0.1, 0.15) is 5.69 Å². The summed E-state index contributed by atoms with van der Waals surface area (Å²) in [5.74, 6) is -1.03. The molecule has 1 amide bonds. The molecule has 0 aliphatic carbocycles. The normalized spacial score (nSPS) is 11.8. The summed E-state index contributed by atoms with van der Waals surface area (Å²) >= 11 is 0. The van der Waals surface area contributed by atoms with Crippen LogP contribution in [0.4, 0.5) is 24.8 Å². The lowest BCUT2D eigenvalue weighted by atomic mass is 10.3. The van der Waals surface area contributed by atoms with Crippen LogP contribution in [0, 0.1) is 0 Å². The van der Waals surface area contributed by atoms with Crippen molar-refractivity contribution in [3.63, 3.8) is 0 Å². The molecule has 0 radical (unpaired) electrons. The van der Waals surface area contributed by atoms with Gasteiger partial charge in [-0.1, -0.05) is 0 Å². The van der Waals surface area contributed by atoms with E-state index in [1.165, 1.54) is 31.2 Å². The molecule has 11 heteroatoms. The van der Waals surface area contributed by atoms with Crippen LogP contribution in [0.2, 0.25) is 0 Å². The van der Waals surface area contributed by atoms with Gasteiger partial charge in [-0.15, -0.1) is 0 Å². The second-order valence-electron chi connectivity index (χ2n) is 4.57. The highest BCUT2D eigenvalue weighted by atomic mass is 32.2. The van der Waals surface area contributed by atoms with Crippen LogP contribution in [0.25, 0.3) is 0 Å². The van der Waals surface area contributed by atoms with E-state index >= 15 is 0 Å². The highest BCUT2D eigenvalue weighted by Crippen LogP contribution is 2.28. The van der Waals surface area contributed by atoms with Crippen LogP contribution in [0.1, 0.15) is 12.6 Å². The zero-order chi connectivity index (χ0) is 18.0. The summed E-state index contributed by atoms with van der Waals surface area (Å²) in [5.41, 5.74) is -0.895. The molecule has 24 heavy (non-hydrogen) atoms. The average molecular weight is 360 g/mol. The third-order valence-electron chi connectivity index (χ3n) is 2.66. The third kappa shape index (κ3) is 4.41. The van der Waals surface area contributed by atoms with Crippen LogP contribution < -0.4 is 10.0 Å².